The smallest absolute Gasteiger partial charge is 0.337 e. The van der Waals surface area contributed by atoms with Gasteiger partial charge < -0.3 is 20.2 Å². The van der Waals surface area contributed by atoms with Gasteiger partial charge in [-0.2, -0.15) is 10.5 Å². The summed E-state index contributed by atoms with van der Waals surface area (Å²) in [5.41, 5.74) is 3.90. The third-order valence-corrected chi connectivity index (χ3v) is 7.94. The highest BCUT2D eigenvalue weighted by atomic mass is 16.4. The van der Waals surface area contributed by atoms with E-state index in [-0.39, 0.29) is 22.6 Å². The molecule has 2 N–H and O–H groups in total. The number of aromatic carboxylic acids is 1. The molecule has 2 aromatic carbocycles. The molecule has 0 bridgehead atoms. The van der Waals surface area contributed by atoms with Gasteiger partial charge in [-0.05, 0) is 61.9 Å². The number of benzene rings is 2. The van der Waals surface area contributed by atoms with E-state index < -0.39 is 11.5 Å². The van der Waals surface area contributed by atoms with Crippen LogP contribution >= 0.6 is 0 Å². The lowest BCUT2D eigenvalue weighted by atomic mass is 9.72. The Balaban J connectivity index is 1.29. The summed E-state index contributed by atoms with van der Waals surface area (Å²) in [5.74, 6) is -0.659. The van der Waals surface area contributed by atoms with Gasteiger partial charge in [0, 0.05) is 54.7 Å². The van der Waals surface area contributed by atoms with Crippen molar-refractivity contribution in [3.8, 4) is 12.1 Å². The molecule has 2 saturated heterocycles. The van der Waals surface area contributed by atoms with Gasteiger partial charge in [0.1, 0.15) is 11.7 Å². The number of fused-ring (bicyclic) bond motifs is 1. The fourth-order valence-corrected chi connectivity index (χ4v) is 5.95. The number of hydrogen-bond donors (Lipinski definition) is 2. The number of anilines is 3. The summed E-state index contributed by atoms with van der Waals surface area (Å²) in [6.45, 7) is 6.80. The predicted molar refractivity (Wildman–Crippen MR) is 154 cm³/mol. The van der Waals surface area contributed by atoms with E-state index in [1.54, 1.807) is 24.4 Å². The first-order chi connectivity index (χ1) is 19.7. The fourth-order valence-electron chi connectivity index (χ4n) is 5.95. The molecule has 2 aromatic heterocycles. The molecule has 0 radical (unpaired) electrons. The van der Waals surface area contributed by atoms with Crippen molar-refractivity contribution < 1.29 is 9.90 Å². The zero-order valence-corrected chi connectivity index (χ0v) is 22.6. The summed E-state index contributed by atoms with van der Waals surface area (Å²) in [4.78, 5) is 34.4. The number of rotatable bonds is 6. The first kappa shape index (κ1) is 25.9. The van der Waals surface area contributed by atoms with Gasteiger partial charge in [0.05, 0.1) is 23.2 Å². The molecule has 0 saturated carbocycles. The van der Waals surface area contributed by atoms with E-state index in [1.807, 2.05) is 49.1 Å². The number of carbonyl (C=O) groups is 1. The second-order valence-electron chi connectivity index (χ2n) is 11.0. The van der Waals surface area contributed by atoms with Gasteiger partial charge in [0.2, 0.25) is 0 Å². The van der Waals surface area contributed by atoms with E-state index in [1.165, 1.54) is 10.5 Å². The standard InChI is InChI=1S/C31H27N7O3/c1-19-11-24(20(2)34-26-6-4-3-5-23(26)30(40)41)28-35-27(25(13-33)29(39)38(28)14-19)37-17-31(18-37)15-36(16-31)22-9-7-21(12-32)8-10-22/h3-11,14,20,34H,15-18H2,1-2H3,(H,40,41). The Bertz CT molecular complexity index is 1840. The Labute approximate surface area is 236 Å². The van der Waals surface area contributed by atoms with Crippen molar-refractivity contribution in [2.24, 2.45) is 5.41 Å². The summed E-state index contributed by atoms with van der Waals surface area (Å²) < 4.78 is 1.42. The zero-order chi connectivity index (χ0) is 28.9. The maximum absolute atomic E-state index is 13.5. The summed E-state index contributed by atoms with van der Waals surface area (Å²) >= 11 is 0. The van der Waals surface area contributed by atoms with Crippen molar-refractivity contribution in [2.75, 3.05) is 41.3 Å². The Morgan fingerprint density at radius 3 is 2.39 bits per heavy atom. The average Bonchev–Trinajstić information content (AvgIpc) is 2.92. The number of hydrogen-bond acceptors (Lipinski definition) is 8. The van der Waals surface area contributed by atoms with Crippen LogP contribution in [0.2, 0.25) is 0 Å². The molecule has 4 aromatic rings. The lowest BCUT2D eigenvalue weighted by molar-refractivity contribution is 0.0698. The van der Waals surface area contributed by atoms with Crippen LogP contribution in [0.5, 0.6) is 0 Å². The topological polar surface area (TPSA) is 138 Å². The molecule has 2 aliphatic heterocycles. The van der Waals surface area contributed by atoms with E-state index in [2.05, 4.69) is 22.4 Å². The second-order valence-corrected chi connectivity index (χ2v) is 11.0. The molecule has 0 aliphatic carbocycles. The van der Waals surface area contributed by atoms with E-state index in [0.29, 0.717) is 35.8 Å². The van der Waals surface area contributed by atoms with Crippen LogP contribution in [0.4, 0.5) is 17.2 Å². The van der Waals surface area contributed by atoms with Gasteiger partial charge >= 0.3 is 5.97 Å². The van der Waals surface area contributed by atoms with E-state index in [9.17, 15) is 20.0 Å². The first-order valence-electron chi connectivity index (χ1n) is 13.3. The van der Waals surface area contributed by atoms with Gasteiger partial charge in [-0.25, -0.2) is 9.78 Å². The maximum atomic E-state index is 13.5. The molecule has 2 fully saturated rings. The predicted octanol–water partition coefficient (Wildman–Crippen LogP) is 3.94. The highest BCUT2D eigenvalue weighted by Gasteiger charge is 2.52. The van der Waals surface area contributed by atoms with Gasteiger partial charge in [-0.15, -0.1) is 0 Å². The first-order valence-corrected chi connectivity index (χ1v) is 13.3. The molecule has 10 heteroatoms. The van der Waals surface area contributed by atoms with Gasteiger partial charge in [0.15, 0.2) is 11.4 Å². The number of para-hydroxylation sites is 1. The molecule has 204 valence electrons. The highest BCUT2D eigenvalue weighted by molar-refractivity contribution is 5.94. The number of nitriles is 2. The number of pyridine rings is 1. The van der Waals surface area contributed by atoms with Crippen LogP contribution in [0.25, 0.3) is 5.65 Å². The maximum Gasteiger partial charge on any atom is 0.337 e. The van der Waals surface area contributed by atoms with Crippen LogP contribution in [-0.4, -0.2) is 46.6 Å². The number of aryl methyl sites for hydroxylation is 1. The molecule has 41 heavy (non-hydrogen) atoms. The zero-order valence-electron chi connectivity index (χ0n) is 22.6. The lowest BCUT2D eigenvalue weighted by Crippen LogP contribution is -2.72. The van der Waals surface area contributed by atoms with E-state index in [0.717, 1.165) is 29.9 Å². The second kappa shape index (κ2) is 9.68. The van der Waals surface area contributed by atoms with Crippen LogP contribution < -0.4 is 20.7 Å². The van der Waals surface area contributed by atoms with Crippen LogP contribution in [-0.2, 0) is 0 Å². The molecule has 1 unspecified atom stereocenters. The molecule has 6 rings (SSSR count). The number of aromatic nitrogens is 2. The third kappa shape index (κ3) is 4.40. The Morgan fingerprint density at radius 2 is 1.73 bits per heavy atom. The van der Waals surface area contributed by atoms with E-state index in [4.69, 9.17) is 10.2 Å². The van der Waals surface area contributed by atoms with Gasteiger partial charge in [-0.3, -0.25) is 9.20 Å². The van der Waals surface area contributed by atoms with Crippen molar-refractivity contribution in [3.05, 3.63) is 99.0 Å². The monoisotopic (exact) mass is 545 g/mol. The molecule has 2 aliphatic rings. The normalized spacial score (nSPS) is 15.9. The number of nitrogens with one attached hydrogen (secondary N) is 1. The highest BCUT2D eigenvalue weighted by Crippen LogP contribution is 2.44. The molecule has 10 nitrogen and oxygen atoms in total. The quantitative estimate of drug-likeness (QED) is 0.369. The van der Waals surface area contributed by atoms with Crippen LogP contribution in [0.1, 0.15) is 45.6 Å². The summed E-state index contributed by atoms with van der Waals surface area (Å²) in [7, 11) is 0. The minimum absolute atomic E-state index is 0.00834. The molecular weight excluding hydrogens is 518 g/mol. The molecule has 0 amide bonds. The fraction of sp³-hybridized carbons (Fsp3) is 0.258. The summed E-state index contributed by atoms with van der Waals surface area (Å²) in [5, 5.41) is 31.9. The minimum Gasteiger partial charge on any atom is -0.478 e. The van der Waals surface area contributed by atoms with Crippen LogP contribution in [0.15, 0.2) is 65.6 Å². The van der Waals surface area contributed by atoms with Gasteiger partial charge in [0.25, 0.3) is 5.56 Å². The summed E-state index contributed by atoms with van der Waals surface area (Å²) in [6.07, 6.45) is 1.68. The van der Waals surface area contributed by atoms with Crippen molar-refractivity contribution in [2.45, 2.75) is 19.9 Å². The van der Waals surface area contributed by atoms with Crippen molar-refractivity contribution in [1.29, 1.82) is 10.5 Å². The SMILES string of the molecule is Cc1cc(C(C)Nc2ccccc2C(=O)O)c2nc(N3CC4(CN(c5ccc(C#N)cc5)C4)C3)c(C#N)c(=O)n2c1. The third-order valence-electron chi connectivity index (χ3n) is 7.94. The van der Waals surface area contributed by atoms with Crippen LogP contribution in [0.3, 0.4) is 0 Å². The molecular formula is C31H27N7O3. The largest absolute Gasteiger partial charge is 0.478 e. The Kier molecular flexibility index (Phi) is 6.12. The molecule has 1 atom stereocenters. The summed E-state index contributed by atoms with van der Waals surface area (Å²) in [6, 6.07) is 20.0. The molecule has 1 spiro atoms. The van der Waals surface area contributed by atoms with Gasteiger partial charge in [-0.1, -0.05) is 12.1 Å². The van der Waals surface area contributed by atoms with Crippen LogP contribution in [0, 0.1) is 35.0 Å². The molecule has 4 heterocycles. The minimum atomic E-state index is -1.04. The van der Waals surface area contributed by atoms with Crippen molar-refractivity contribution in [1.82, 2.24) is 9.38 Å². The number of carboxylic acids is 1. The Hall–Kier alpha value is -5.35. The number of nitrogens with zero attached hydrogens (tertiary/aromatic N) is 6. The number of carboxylic acid groups (broad SMARTS) is 1. The van der Waals surface area contributed by atoms with Crippen molar-refractivity contribution in [3.63, 3.8) is 0 Å². The Morgan fingerprint density at radius 1 is 1.05 bits per heavy atom. The van der Waals surface area contributed by atoms with E-state index >= 15 is 0 Å². The lowest BCUT2D eigenvalue weighted by Gasteiger charge is -2.61. The average molecular weight is 546 g/mol. The van der Waals surface area contributed by atoms with Crippen molar-refractivity contribution >= 4 is 28.8 Å².